The molecule has 0 aromatic heterocycles. The van der Waals surface area contributed by atoms with E-state index in [1.807, 2.05) is 31.3 Å². The van der Waals surface area contributed by atoms with Gasteiger partial charge in [0.15, 0.2) is 0 Å². The first kappa shape index (κ1) is 16.8. The van der Waals surface area contributed by atoms with Crippen LogP contribution in [0.3, 0.4) is 0 Å². The molecule has 0 saturated carbocycles. The summed E-state index contributed by atoms with van der Waals surface area (Å²) in [6.45, 7) is 1.50. The molecule has 0 spiro atoms. The second-order valence-corrected chi connectivity index (χ2v) is 6.68. The fraction of sp³-hybridized carbons (Fsp3) is 0.316. The SMILES string of the molecule is CN1CCC(C(=O)O)(c2ccccc2Oc2ccc(Cl)cc2)CC1. The van der Waals surface area contributed by atoms with Crippen molar-refractivity contribution in [1.29, 1.82) is 0 Å². The van der Waals surface area contributed by atoms with E-state index >= 15 is 0 Å². The number of hydrogen-bond acceptors (Lipinski definition) is 3. The lowest BCUT2D eigenvalue weighted by Gasteiger charge is -2.38. The molecule has 1 aliphatic heterocycles. The van der Waals surface area contributed by atoms with Gasteiger partial charge in [0.05, 0.1) is 5.41 Å². The molecule has 2 aromatic rings. The van der Waals surface area contributed by atoms with Crippen molar-refractivity contribution in [2.75, 3.05) is 20.1 Å². The van der Waals surface area contributed by atoms with Crippen LogP contribution in [0.5, 0.6) is 11.5 Å². The summed E-state index contributed by atoms with van der Waals surface area (Å²) in [4.78, 5) is 14.3. The Morgan fingerprint density at radius 3 is 2.38 bits per heavy atom. The minimum atomic E-state index is -0.907. The Kier molecular flexibility index (Phi) is 4.78. The molecule has 0 unspecified atom stereocenters. The number of rotatable bonds is 4. The van der Waals surface area contributed by atoms with Gasteiger partial charge in [0.2, 0.25) is 0 Å². The first-order valence-electron chi connectivity index (χ1n) is 7.96. The van der Waals surface area contributed by atoms with E-state index in [1.165, 1.54) is 0 Å². The summed E-state index contributed by atoms with van der Waals surface area (Å²) in [5.41, 5.74) is -0.171. The lowest BCUT2D eigenvalue weighted by atomic mass is 9.72. The third kappa shape index (κ3) is 3.25. The molecule has 0 radical (unpaired) electrons. The average molecular weight is 346 g/mol. The van der Waals surface area contributed by atoms with Crippen molar-refractivity contribution in [3.05, 3.63) is 59.1 Å². The molecule has 2 aromatic carbocycles. The molecular formula is C19H20ClNO3. The number of likely N-dealkylation sites (tertiary alicyclic amines) is 1. The Bertz CT molecular complexity index is 722. The highest BCUT2D eigenvalue weighted by molar-refractivity contribution is 6.30. The summed E-state index contributed by atoms with van der Waals surface area (Å²) in [5, 5.41) is 10.6. The van der Waals surface area contributed by atoms with Gasteiger partial charge in [-0.25, -0.2) is 0 Å². The molecule has 1 heterocycles. The molecule has 1 aliphatic rings. The highest BCUT2D eigenvalue weighted by atomic mass is 35.5. The van der Waals surface area contributed by atoms with Crippen LogP contribution in [0.4, 0.5) is 0 Å². The second-order valence-electron chi connectivity index (χ2n) is 6.24. The van der Waals surface area contributed by atoms with Gasteiger partial charge >= 0.3 is 5.97 Å². The molecule has 126 valence electrons. The fourth-order valence-corrected chi connectivity index (χ4v) is 3.31. The number of para-hydroxylation sites is 1. The molecule has 0 bridgehead atoms. The summed E-state index contributed by atoms with van der Waals surface area (Å²) < 4.78 is 5.98. The van der Waals surface area contributed by atoms with Gasteiger partial charge in [-0.1, -0.05) is 29.8 Å². The Labute approximate surface area is 146 Å². The van der Waals surface area contributed by atoms with Gasteiger partial charge in [0, 0.05) is 10.6 Å². The number of piperidine rings is 1. The summed E-state index contributed by atoms with van der Waals surface area (Å²) in [6.07, 6.45) is 1.14. The van der Waals surface area contributed by atoms with Gasteiger partial charge in [0.25, 0.3) is 0 Å². The highest BCUT2D eigenvalue weighted by Crippen LogP contribution is 2.41. The van der Waals surface area contributed by atoms with E-state index in [1.54, 1.807) is 24.3 Å². The summed E-state index contributed by atoms with van der Waals surface area (Å²) in [6, 6.07) is 14.5. The Morgan fingerprint density at radius 1 is 1.12 bits per heavy atom. The molecular weight excluding hydrogens is 326 g/mol. The predicted molar refractivity (Wildman–Crippen MR) is 94.0 cm³/mol. The van der Waals surface area contributed by atoms with Gasteiger partial charge in [-0.2, -0.15) is 0 Å². The minimum Gasteiger partial charge on any atom is -0.481 e. The van der Waals surface area contributed by atoms with Gasteiger partial charge in [-0.05, 0) is 63.3 Å². The Hall–Kier alpha value is -2.04. The maximum atomic E-state index is 12.1. The van der Waals surface area contributed by atoms with Crippen molar-refractivity contribution >= 4 is 17.6 Å². The lowest BCUT2D eigenvalue weighted by Crippen LogP contribution is -2.46. The van der Waals surface area contributed by atoms with Crippen molar-refractivity contribution in [1.82, 2.24) is 4.90 Å². The van der Waals surface area contributed by atoms with Gasteiger partial charge < -0.3 is 14.7 Å². The smallest absolute Gasteiger partial charge is 0.314 e. The van der Waals surface area contributed by atoms with E-state index in [9.17, 15) is 9.90 Å². The number of carbonyl (C=O) groups is 1. The van der Waals surface area contributed by atoms with Gasteiger partial charge in [0.1, 0.15) is 11.5 Å². The average Bonchev–Trinajstić information content (AvgIpc) is 2.58. The molecule has 0 atom stereocenters. The van der Waals surface area contributed by atoms with E-state index in [0.29, 0.717) is 29.4 Å². The van der Waals surface area contributed by atoms with E-state index in [-0.39, 0.29) is 0 Å². The maximum absolute atomic E-state index is 12.1. The van der Waals surface area contributed by atoms with Gasteiger partial charge in [-0.15, -0.1) is 0 Å². The van der Waals surface area contributed by atoms with E-state index < -0.39 is 11.4 Å². The van der Waals surface area contributed by atoms with E-state index in [4.69, 9.17) is 16.3 Å². The van der Waals surface area contributed by atoms with Crippen LogP contribution in [-0.2, 0) is 10.2 Å². The number of benzene rings is 2. The number of carboxylic acid groups (broad SMARTS) is 1. The molecule has 3 rings (SSSR count). The Balaban J connectivity index is 1.98. The maximum Gasteiger partial charge on any atom is 0.314 e. The molecule has 4 nitrogen and oxygen atoms in total. The Morgan fingerprint density at radius 2 is 1.75 bits per heavy atom. The fourth-order valence-electron chi connectivity index (χ4n) is 3.18. The lowest BCUT2D eigenvalue weighted by molar-refractivity contribution is -0.145. The number of nitrogens with zero attached hydrogens (tertiary/aromatic N) is 1. The normalized spacial score (nSPS) is 17.4. The first-order valence-corrected chi connectivity index (χ1v) is 8.34. The highest BCUT2D eigenvalue weighted by Gasteiger charge is 2.44. The zero-order chi connectivity index (χ0) is 17.2. The largest absolute Gasteiger partial charge is 0.481 e. The van der Waals surface area contributed by atoms with Crippen molar-refractivity contribution in [3.8, 4) is 11.5 Å². The molecule has 24 heavy (non-hydrogen) atoms. The van der Waals surface area contributed by atoms with Gasteiger partial charge in [-0.3, -0.25) is 4.79 Å². The second kappa shape index (κ2) is 6.83. The number of aliphatic carboxylic acids is 1. The molecule has 1 fully saturated rings. The van der Waals surface area contributed by atoms with Crippen LogP contribution >= 0.6 is 11.6 Å². The zero-order valence-corrected chi connectivity index (χ0v) is 14.3. The van der Waals surface area contributed by atoms with Crippen LogP contribution in [0.1, 0.15) is 18.4 Å². The third-order valence-corrected chi connectivity index (χ3v) is 4.95. The quantitative estimate of drug-likeness (QED) is 0.903. The molecule has 0 amide bonds. The number of halogens is 1. The molecule has 1 N–H and O–H groups in total. The minimum absolute atomic E-state index is 0.569. The summed E-state index contributed by atoms with van der Waals surface area (Å²) >= 11 is 5.91. The predicted octanol–water partition coefficient (Wildman–Crippen LogP) is 4.18. The van der Waals surface area contributed by atoms with Crippen molar-refractivity contribution < 1.29 is 14.6 Å². The standard InChI is InChI=1S/C19H20ClNO3/c1-21-12-10-19(11-13-21,18(22)23)16-4-2-3-5-17(16)24-15-8-6-14(20)7-9-15/h2-9H,10-13H2,1H3,(H,22,23). The number of carboxylic acids is 1. The van der Waals surface area contributed by atoms with Crippen LogP contribution in [0.15, 0.2) is 48.5 Å². The number of ether oxygens (including phenoxy) is 1. The summed E-state index contributed by atoms with van der Waals surface area (Å²) in [7, 11) is 2.02. The zero-order valence-electron chi connectivity index (χ0n) is 13.5. The molecule has 0 aliphatic carbocycles. The van der Waals surface area contributed by atoms with E-state index in [0.717, 1.165) is 18.7 Å². The summed E-state index contributed by atoms with van der Waals surface area (Å²) in [5.74, 6) is 0.440. The van der Waals surface area contributed by atoms with Crippen LogP contribution in [0.25, 0.3) is 0 Å². The number of hydrogen-bond donors (Lipinski definition) is 1. The third-order valence-electron chi connectivity index (χ3n) is 4.69. The van der Waals surface area contributed by atoms with Crippen molar-refractivity contribution in [2.45, 2.75) is 18.3 Å². The van der Waals surface area contributed by atoms with Crippen molar-refractivity contribution in [3.63, 3.8) is 0 Å². The van der Waals surface area contributed by atoms with Crippen LogP contribution < -0.4 is 4.74 Å². The van der Waals surface area contributed by atoms with Crippen LogP contribution in [-0.4, -0.2) is 36.1 Å². The van der Waals surface area contributed by atoms with Crippen LogP contribution in [0.2, 0.25) is 5.02 Å². The van der Waals surface area contributed by atoms with Crippen molar-refractivity contribution in [2.24, 2.45) is 0 Å². The monoisotopic (exact) mass is 345 g/mol. The first-order chi connectivity index (χ1) is 11.5. The molecule has 5 heteroatoms. The van der Waals surface area contributed by atoms with Crippen LogP contribution in [0, 0.1) is 0 Å². The molecule has 1 saturated heterocycles. The van der Waals surface area contributed by atoms with E-state index in [2.05, 4.69) is 4.90 Å². The topological polar surface area (TPSA) is 49.8 Å².